The van der Waals surface area contributed by atoms with Gasteiger partial charge < -0.3 is 4.74 Å². The third-order valence-electron chi connectivity index (χ3n) is 3.83. The van der Waals surface area contributed by atoms with Gasteiger partial charge in [-0.05, 0) is 46.0 Å². The van der Waals surface area contributed by atoms with E-state index >= 15 is 0 Å². The Labute approximate surface area is 134 Å². The van der Waals surface area contributed by atoms with Gasteiger partial charge in [-0.1, -0.05) is 11.6 Å². The number of carbonyl (C=O) groups excluding carboxylic acids is 1. The van der Waals surface area contributed by atoms with E-state index in [4.69, 9.17) is 4.74 Å². The number of halogens is 3. The van der Waals surface area contributed by atoms with Crippen molar-refractivity contribution in [1.82, 2.24) is 4.72 Å². The van der Waals surface area contributed by atoms with E-state index in [0.717, 1.165) is 0 Å². The lowest BCUT2D eigenvalue weighted by Crippen LogP contribution is -2.41. The summed E-state index contributed by atoms with van der Waals surface area (Å²) in [5.74, 6) is -0.337. The Morgan fingerprint density at radius 1 is 1.13 bits per heavy atom. The van der Waals surface area contributed by atoms with E-state index in [9.17, 15) is 26.4 Å². The minimum atomic E-state index is -5.07. The van der Waals surface area contributed by atoms with Crippen LogP contribution in [0.2, 0.25) is 0 Å². The van der Waals surface area contributed by atoms with Gasteiger partial charge in [0.25, 0.3) is 0 Å². The van der Waals surface area contributed by atoms with Crippen LogP contribution in [0.25, 0.3) is 0 Å². The van der Waals surface area contributed by atoms with Crippen LogP contribution in [0.1, 0.15) is 52.9 Å². The number of ether oxygens (including phenoxy) is 1. The number of hydrogen-bond acceptors (Lipinski definition) is 5. The summed E-state index contributed by atoms with van der Waals surface area (Å²) >= 11 is 0. The van der Waals surface area contributed by atoms with Crippen LogP contribution in [0.4, 0.5) is 13.2 Å². The molecule has 1 fully saturated rings. The minimum absolute atomic E-state index is 0.198. The summed E-state index contributed by atoms with van der Waals surface area (Å²) in [4.78, 5) is 11.9. The lowest BCUT2D eigenvalue weighted by molar-refractivity contribution is -0.162. The maximum Gasteiger partial charge on any atom is 0.472 e. The predicted molar refractivity (Wildman–Crippen MR) is 75.4 cm³/mol. The third kappa shape index (κ3) is 7.05. The van der Waals surface area contributed by atoms with Crippen molar-refractivity contribution in [1.29, 1.82) is 0 Å². The highest BCUT2D eigenvalue weighted by atomic mass is 32.2. The smallest absolute Gasteiger partial charge is 0.462 e. The first-order valence-corrected chi connectivity index (χ1v) is 8.75. The van der Waals surface area contributed by atoms with Crippen molar-refractivity contribution < 1.29 is 35.3 Å². The maximum absolute atomic E-state index is 12.0. The highest BCUT2D eigenvalue weighted by Crippen LogP contribution is 2.29. The van der Waals surface area contributed by atoms with E-state index < -0.39 is 28.1 Å². The topological polar surface area (TPSA) is 81.7 Å². The molecule has 1 saturated carbocycles. The van der Waals surface area contributed by atoms with Gasteiger partial charge in [0.05, 0.1) is 11.5 Å². The zero-order valence-corrected chi connectivity index (χ0v) is 14.1. The molecule has 10 heteroatoms. The van der Waals surface area contributed by atoms with Gasteiger partial charge in [0, 0.05) is 0 Å². The van der Waals surface area contributed by atoms with Crippen molar-refractivity contribution in [3.63, 3.8) is 0 Å². The van der Waals surface area contributed by atoms with E-state index in [1.165, 1.54) is 0 Å². The van der Waals surface area contributed by atoms with Gasteiger partial charge in [-0.2, -0.15) is 21.6 Å². The molecule has 136 valence electrons. The summed E-state index contributed by atoms with van der Waals surface area (Å²) in [5.41, 5.74) is -0.604. The van der Waals surface area contributed by atoms with Gasteiger partial charge in [-0.15, -0.1) is 0 Å². The molecule has 1 aliphatic rings. The van der Waals surface area contributed by atoms with E-state index in [1.54, 1.807) is 13.8 Å². The van der Waals surface area contributed by atoms with Gasteiger partial charge in [0.2, 0.25) is 0 Å². The molecule has 0 heterocycles. The molecular formula is C13H22F3NO5S. The molecule has 0 atom stereocenters. The molecule has 0 aromatic heterocycles. The average Bonchev–Trinajstić information content (AvgIpc) is 2.37. The molecule has 0 unspecified atom stereocenters. The van der Waals surface area contributed by atoms with Gasteiger partial charge in [0.15, 0.2) is 0 Å². The van der Waals surface area contributed by atoms with Crippen molar-refractivity contribution in [2.45, 2.75) is 71.4 Å². The van der Waals surface area contributed by atoms with Crippen LogP contribution in [-0.2, 0) is 24.0 Å². The van der Waals surface area contributed by atoms with Gasteiger partial charge in [0.1, 0.15) is 6.10 Å². The Hall–Kier alpha value is -0.870. The number of carbonyl (C=O) groups is 1. The molecule has 0 aliphatic heterocycles. The molecule has 23 heavy (non-hydrogen) atoms. The zero-order chi connectivity index (χ0) is 17.9. The van der Waals surface area contributed by atoms with Crippen LogP contribution in [0.15, 0.2) is 0 Å². The van der Waals surface area contributed by atoms with Crippen molar-refractivity contribution in [2.75, 3.05) is 0 Å². The Balaban J connectivity index is 2.46. The van der Waals surface area contributed by atoms with Crippen molar-refractivity contribution in [2.24, 2.45) is 5.41 Å². The average molecular weight is 361 g/mol. The lowest BCUT2D eigenvalue weighted by atomic mass is 9.90. The molecule has 0 saturated heterocycles. The standard InChI is InChI=1S/C13H22F3NO5S/c1-4-12(2,3)11(18)21-9-5-7-10(8-6-9)22-23(19,20)17-13(14,15)16/h9-10,17H,4-8H2,1-3H3. The fourth-order valence-electron chi connectivity index (χ4n) is 2.05. The molecule has 0 bridgehead atoms. The van der Waals surface area contributed by atoms with Gasteiger partial charge >= 0.3 is 22.6 Å². The number of nitrogens with one attached hydrogen (secondary N) is 1. The highest BCUT2D eigenvalue weighted by molar-refractivity contribution is 7.84. The Kier molecular flexibility index (Phi) is 6.45. The predicted octanol–water partition coefficient (Wildman–Crippen LogP) is 2.65. The second-order valence-electron chi connectivity index (χ2n) is 6.19. The molecule has 0 radical (unpaired) electrons. The molecule has 1 N–H and O–H groups in total. The quantitative estimate of drug-likeness (QED) is 0.581. The Bertz CT molecular complexity index is 510. The number of rotatable bonds is 6. The first-order chi connectivity index (χ1) is 10.3. The largest absolute Gasteiger partial charge is 0.472 e. The van der Waals surface area contributed by atoms with E-state index in [-0.39, 0.29) is 24.9 Å². The number of hydrogen-bond donors (Lipinski definition) is 1. The summed E-state index contributed by atoms with van der Waals surface area (Å²) in [6.45, 7) is 5.39. The second-order valence-corrected chi connectivity index (χ2v) is 7.50. The second kappa shape index (κ2) is 7.35. The van der Waals surface area contributed by atoms with Crippen LogP contribution in [0.5, 0.6) is 0 Å². The van der Waals surface area contributed by atoms with Crippen molar-refractivity contribution >= 4 is 16.3 Å². The molecule has 0 spiro atoms. The van der Waals surface area contributed by atoms with Crippen LogP contribution in [0, 0.1) is 5.41 Å². The first kappa shape index (κ1) is 20.2. The number of esters is 1. The zero-order valence-electron chi connectivity index (χ0n) is 13.3. The molecule has 0 aromatic carbocycles. The number of alkyl halides is 3. The van der Waals surface area contributed by atoms with Crippen molar-refractivity contribution in [3.05, 3.63) is 0 Å². The summed E-state index contributed by atoms with van der Waals surface area (Å²) < 4.78 is 68.8. The summed E-state index contributed by atoms with van der Waals surface area (Å²) in [7, 11) is -4.89. The molecule has 1 aliphatic carbocycles. The van der Waals surface area contributed by atoms with Crippen molar-refractivity contribution in [3.8, 4) is 0 Å². The Morgan fingerprint density at radius 3 is 2.04 bits per heavy atom. The maximum atomic E-state index is 12.0. The molecule has 1 rings (SSSR count). The fraction of sp³-hybridized carbons (Fsp3) is 0.923. The minimum Gasteiger partial charge on any atom is -0.462 e. The molecule has 0 amide bonds. The van der Waals surface area contributed by atoms with Crippen LogP contribution >= 0.6 is 0 Å². The monoisotopic (exact) mass is 361 g/mol. The normalized spacial score (nSPS) is 23.6. The van der Waals surface area contributed by atoms with E-state index in [1.807, 2.05) is 6.92 Å². The van der Waals surface area contributed by atoms with Gasteiger partial charge in [-0.25, -0.2) is 0 Å². The lowest BCUT2D eigenvalue weighted by Gasteiger charge is -2.30. The molecular weight excluding hydrogens is 339 g/mol. The van der Waals surface area contributed by atoms with Crippen LogP contribution in [0.3, 0.4) is 0 Å². The highest BCUT2D eigenvalue weighted by Gasteiger charge is 2.37. The SMILES string of the molecule is CCC(C)(C)C(=O)OC1CCC(OS(=O)(=O)NC(F)(F)F)CC1. The Morgan fingerprint density at radius 2 is 1.61 bits per heavy atom. The first-order valence-electron chi connectivity index (χ1n) is 7.34. The summed E-state index contributed by atoms with van der Waals surface area (Å²) in [5, 5.41) is 0. The van der Waals surface area contributed by atoms with E-state index in [0.29, 0.717) is 24.0 Å². The van der Waals surface area contributed by atoms with E-state index in [2.05, 4.69) is 4.18 Å². The van der Waals surface area contributed by atoms with Crippen LogP contribution in [-0.4, -0.2) is 32.9 Å². The van der Waals surface area contributed by atoms with Gasteiger partial charge in [-0.3, -0.25) is 8.98 Å². The third-order valence-corrected chi connectivity index (χ3v) is 4.84. The fourth-order valence-corrected chi connectivity index (χ4v) is 2.93. The molecule has 0 aromatic rings. The summed E-state index contributed by atoms with van der Waals surface area (Å²) in [6, 6.07) is 0. The summed E-state index contributed by atoms with van der Waals surface area (Å²) in [6.07, 6.45) is -4.60. The molecule has 6 nitrogen and oxygen atoms in total. The van der Waals surface area contributed by atoms with Crippen LogP contribution < -0.4 is 4.72 Å².